The van der Waals surface area contributed by atoms with E-state index in [0.29, 0.717) is 0 Å². The van der Waals surface area contributed by atoms with Gasteiger partial charge >= 0.3 is 0 Å². The van der Waals surface area contributed by atoms with Gasteiger partial charge in [0, 0.05) is 27.3 Å². The van der Waals surface area contributed by atoms with E-state index < -0.39 is 0 Å². The fraction of sp³-hybridized carbons (Fsp3) is 0. The Balaban J connectivity index is 0.000000167. The zero-order chi connectivity index (χ0) is 7.07. The summed E-state index contributed by atoms with van der Waals surface area (Å²) in [5.41, 5.74) is 0. The molecule has 1 heteroatoms. The van der Waals surface area contributed by atoms with Gasteiger partial charge in [-0.15, -0.1) is 0 Å². The quantitative estimate of drug-likeness (QED) is 0.571. The van der Waals surface area contributed by atoms with E-state index >= 15 is 0 Å². The predicted molar refractivity (Wildman–Crippen MR) is 43.0 cm³/mol. The molecule has 0 aromatic carbocycles. The van der Waals surface area contributed by atoms with Crippen LogP contribution in [-0.4, -0.2) is 0 Å². The van der Waals surface area contributed by atoms with Gasteiger partial charge in [0.2, 0.25) is 0 Å². The van der Waals surface area contributed by atoms with Crippen LogP contribution in [0.25, 0.3) is 0 Å². The van der Waals surface area contributed by atoms with Crippen molar-refractivity contribution in [3.8, 4) is 0 Å². The standard InChI is InChI=1S/2C5H5.Cd/c2*1-2-4-5-3-1;/h2*1-5H;. The Morgan fingerprint density at radius 3 is 0.455 bits per heavy atom. The summed E-state index contributed by atoms with van der Waals surface area (Å²) in [4.78, 5) is 0. The molecule has 0 N–H and O–H groups in total. The Kier molecular flexibility index (Phi) is 9.77. The van der Waals surface area contributed by atoms with Crippen molar-refractivity contribution in [1.29, 1.82) is 0 Å². The predicted octanol–water partition coefficient (Wildman–Crippen LogP) is 2.04. The Morgan fingerprint density at radius 1 is 0.273 bits per heavy atom. The molecule has 0 aliphatic heterocycles. The third-order valence-corrected chi connectivity index (χ3v) is 1.11. The molecule has 0 spiro atoms. The van der Waals surface area contributed by atoms with Crippen molar-refractivity contribution >= 4 is 0 Å². The van der Waals surface area contributed by atoms with Crippen LogP contribution in [0.3, 0.4) is 0 Å². The van der Waals surface area contributed by atoms with Crippen molar-refractivity contribution in [2.75, 3.05) is 0 Å². The molecule has 0 heterocycles. The molecular weight excluding hydrogens is 233 g/mol. The number of rotatable bonds is 0. The maximum absolute atomic E-state index is 2.00. The van der Waals surface area contributed by atoms with E-state index in [-0.39, 0.29) is 27.3 Å². The second kappa shape index (κ2) is 9.01. The van der Waals surface area contributed by atoms with Crippen molar-refractivity contribution in [2.45, 2.75) is 0 Å². The molecule has 10 radical (unpaired) electrons. The van der Waals surface area contributed by atoms with E-state index in [2.05, 4.69) is 0 Å². The molecule has 11 heavy (non-hydrogen) atoms. The number of hydrogen-bond acceptors (Lipinski definition) is 0. The maximum atomic E-state index is 2.00. The van der Waals surface area contributed by atoms with Crippen LogP contribution in [0.2, 0.25) is 0 Å². The molecule has 2 aliphatic rings. The van der Waals surface area contributed by atoms with Crippen LogP contribution in [0.1, 0.15) is 0 Å². The zero-order valence-corrected chi connectivity index (χ0v) is 10.5. The summed E-state index contributed by atoms with van der Waals surface area (Å²) < 4.78 is 0. The van der Waals surface area contributed by atoms with Crippen LogP contribution in [-0.2, 0) is 27.3 Å². The molecule has 2 rings (SSSR count). The molecule has 2 fully saturated rings. The SMILES string of the molecule is [CH]1[CH][CH][CH][CH]1.[CH]1[CH][CH][CH][CH]1.[Cd]. The first-order chi connectivity index (χ1) is 5.00. The molecule has 0 nitrogen and oxygen atoms in total. The van der Waals surface area contributed by atoms with Crippen molar-refractivity contribution in [1.82, 2.24) is 0 Å². The van der Waals surface area contributed by atoms with E-state index in [1.165, 1.54) is 0 Å². The molecule has 0 aromatic heterocycles. The summed E-state index contributed by atoms with van der Waals surface area (Å²) in [5, 5.41) is 0. The third kappa shape index (κ3) is 7.29. The normalized spacial score (nSPS) is 21.8. The zero-order valence-electron chi connectivity index (χ0n) is 6.48. The van der Waals surface area contributed by atoms with Gasteiger partial charge in [-0.3, -0.25) is 0 Å². The van der Waals surface area contributed by atoms with Gasteiger partial charge in [0.15, 0.2) is 0 Å². The van der Waals surface area contributed by atoms with E-state index in [0.717, 1.165) is 0 Å². The topological polar surface area (TPSA) is 0 Å². The molecule has 0 aromatic rings. The van der Waals surface area contributed by atoms with Crippen LogP contribution in [0.4, 0.5) is 0 Å². The van der Waals surface area contributed by atoms with E-state index in [1.54, 1.807) is 0 Å². The Hall–Kier alpha value is 0.922. The van der Waals surface area contributed by atoms with Gasteiger partial charge in [-0.25, -0.2) is 0 Å². The average Bonchev–Trinajstić information content (AvgIpc) is 2.67. The molecule has 0 bridgehead atoms. The van der Waals surface area contributed by atoms with E-state index in [1.807, 2.05) is 64.2 Å². The average molecular weight is 243 g/mol. The first-order valence-corrected chi connectivity index (χ1v) is 3.33. The summed E-state index contributed by atoms with van der Waals surface area (Å²) in [7, 11) is 0. The fourth-order valence-electron chi connectivity index (χ4n) is 0.642. The van der Waals surface area contributed by atoms with Crippen LogP contribution >= 0.6 is 0 Å². The fourth-order valence-corrected chi connectivity index (χ4v) is 0.642. The van der Waals surface area contributed by atoms with Gasteiger partial charge in [0.1, 0.15) is 0 Å². The molecule has 0 saturated heterocycles. The third-order valence-electron chi connectivity index (χ3n) is 1.11. The van der Waals surface area contributed by atoms with E-state index in [9.17, 15) is 0 Å². The summed E-state index contributed by atoms with van der Waals surface area (Å²) in [6.45, 7) is 0. The molecule has 2 aliphatic carbocycles. The Labute approximate surface area is 91.3 Å². The minimum Gasteiger partial charge on any atom is -0.0312 e. The molecule has 0 unspecified atom stereocenters. The van der Waals surface area contributed by atoms with Gasteiger partial charge in [-0.05, 0) is 64.2 Å². The van der Waals surface area contributed by atoms with Crippen molar-refractivity contribution in [3.05, 3.63) is 64.2 Å². The summed E-state index contributed by atoms with van der Waals surface area (Å²) in [5.74, 6) is 0. The summed E-state index contributed by atoms with van der Waals surface area (Å²) >= 11 is 0. The largest absolute Gasteiger partial charge is 0.0312 e. The smallest absolute Gasteiger partial charge is 0 e. The second-order valence-corrected chi connectivity index (χ2v) is 1.92. The van der Waals surface area contributed by atoms with Crippen molar-refractivity contribution < 1.29 is 27.3 Å². The molecule has 0 atom stereocenters. The first kappa shape index (κ1) is 11.9. The van der Waals surface area contributed by atoms with Crippen LogP contribution in [0, 0.1) is 64.2 Å². The van der Waals surface area contributed by atoms with Crippen LogP contribution in [0.5, 0.6) is 0 Å². The Morgan fingerprint density at radius 2 is 0.364 bits per heavy atom. The van der Waals surface area contributed by atoms with Crippen LogP contribution in [0.15, 0.2) is 0 Å². The molecule has 2 saturated carbocycles. The summed E-state index contributed by atoms with van der Waals surface area (Å²) in [6.07, 6.45) is 20.0. The van der Waals surface area contributed by atoms with Crippen molar-refractivity contribution in [3.63, 3.8) is 0 Å². The van der Waals surface area contributed by atoms with Gasteiger partial charge in [0.25, 0.3) is 0 Å². The van der Waals surface area contributed by atoms with Gasteiger partial charge in [-0.1, -0.05) is 0 Å². The summed E-state index contributed by atoms with van der Waals surface area (Å²) in [6, 6.07) is 0. The monoisotopic (exact) mass is 244 g/mol. The molecule has 0 amide bonds. The number of hydrogen-bond donors (Lipinski definition) is 0. The molecular formula is C10H10Cd. The Bertz CT molecular complexity index is 38.1. The molecule has 52 valence electrons. The second-order valence-electron chi connectivity index (χ2n) is 1.92. The van der Waals surface area contributed by atoms with E-state index in [4.69, 9.17) is 0 Å². The minimum absolute atomic E-state index is 0. The van der Waals surface area contributed by atoms with Gasteiger partial charge in [-0.2, -0.15) is 0 Å². The first-order valence-electron chi connectivity index (χ1n) is 3.33. The van der Waals surface area contributed by atoms with Crippen molar-refractivity contribution in [2.24, 2.45) is 0 Å². The van der Waals surface area contributed by atoms with Crippen LogP contribution < -0.4 is 0 Å². The van der Waals surface area contributed by atoms with Gasteiger partial charge in [0.05, 0.1) is 0 Å². The maximum Gasteiger partial charge on any atom is 0 e. The van der Waals surface area contributed by atoms with Gasteiger partial charge < -0.3 is 0 Å². The minimum atomic E-state index is 0.